The lowest BCUT2D eigenvalue weighted by Crippen LogP contribution is -2.42. The molecule has 0 N–H and O–H groups in total. The van der Waals surface area contributed by atoms with Gasteiger partial charge in [0.1, 0.15) is 5.41 Å². The van der Waals surface area contributed by atoms with Gasteiger partial charge in [-0.3, -0.25) is 14.4 Å². The largest absolute Gasteiger partial charge is 0.314 e. The van der Waals surface area contributed by atoms with E-state index in [1.807, 2.05) is 24.3 Å². The van der Waals surface area contributed by atoms with Gasteiger partial charge in [-0.25, -0.2) is 4.90 Å². The summed E-state index contributed by atoms with van der Waals surface area (Å²) in [5.41, 5.74) is 1.05. The van der Waals surface area contributed by atoms with E-state index < -0.39 is 17.3 Å². The van der Waals surface area contributed by atoms with Gasteiger partial charge in [0, 0.05) is 17.8 Å². The number of imide groups is 1. The first-order valence-electron chi connectivity index (χ1n) is 8.00. The number of hydrogen-bond acceptors (Lipinski definition) is 3. The lowest BCUT2D eigenvalue weighted by Gasteiger charge is -2.22. The molecular weight excluding hydrogens is 340 g/mol. The van der Waals surface area contributed by atoms with Gasteiger partial charge in [0.15, 0.2) is 0 Å². The number of anilines is 2. The normalized spacial score (nSPS) is 29.4. The number of amides is 3. The molecule has 6 heteroatoms. The van der Waals surface area contributed by atoms with Gasteiger partial charge in [-0.05, 0) is 35.9 Å². The average molecular weight is 353 g/mol. The van der Waals surface area contributed by atoms with E-state index in [4.69, 9.17) is 11.6 Å². The Hall–Kier alpha value is -2.66. The van der Waals surface area contributed by atoms with Gasteiger partial charge in [-0.1, -0.05) is 29.8 Å². The van der Waals surface area contributed by atoms with Gasteiger partial charge >= 0.3 is 0 Å². The number of likely N-dealkylation sites (N-methyl/N-ethyl adjacent to an activating group) is 1. The van der Waals surface area contributed by atoms with E-state index >= 15 is 0 Å². The number of carbonyl (C=O) groups is 3. The maximum Gasteiger partial charge on any atom is 0.239 e. The Labute approximate surface area is 148 Å². The third-order valence-corrected chi connectivity index (χ3v) is 5.88. The number of halogens is 1. The number of carbonyl (C=O) groups excluding carboxylic acids is 3. The molecule has 2 heterocycles. The molecule has 5 rings (SSSR count). The lowest BCUT2D eigenvalue weighted by molar-refractivity contribution is -0.129. The fourth-order valence-electron chi connectivity index (χ4n) is 4.51. The number of nitrogens with zero attached hydrogens (tertiary/aromatic N) is 2. The molecule has 1 saturated heterocycles. The van der Waals surface area contributed by atoms with Crippen molar-refractivity contribution in [1.82, 2.24) is 0 Å². The van der Waals surface area contributed by atoms with Crippen molar-refractivity contribution in [3.05, 3.63) is 59.1 Å². The van der Waals surface area contributed by atoms with E-state index in [-0.39, 0.29) is 17.7 Å². The molecule has 1 saturated carbocycles. The van der Waals surface area contributed by atoms with Crippen molar-refractivity contribution in [1.29, 1.82) is 0 Å². The number of rotatable bonds is 1. The van der Waals surface area contributed by atoms with Crippen molar-refractivity contribution < 1.29 is 14.4 Å². The van der Waals surface area contributed by atoms with Crippen LogP contribution in [0.1, 0.15) is 5.56 Å². The molecule has 3 amide bonds. The standard InChI is InChI=1S/C19H13ClN2O3/c1-21-13-5-3-2-4-12(13)19(18(21)25)14-15(19)17(24)22(16(14)23)11-8-6-10(20)7-9-11/h2-9,14-15H,1H3. The summed E-state index contributed by atoms with van der Waals surface area (Å²) in [4.78, 5) is 41.6. The van der Waals surface area contributed by atoms with Gasteiger partial charge in [0.05, 0.1) is 17.5 Å². The predicted molar refractivity (Wildman–Crippen MR) is 92.5 cm³/mol. The molecule has 2 fully saturated rings. The minimum Gasteiger partial charge on any atom is -0.314 e. The van der Waals surface area contributed by atoms with Gasteiger partial charge in [-0.2, -0.15) is 0 Å². The van der Waals surface area contributed by atoms with E-state index in [1.165, 1.54) is 4.90 Å². The maximum atomic E-state index is 13.0. The number of para-hydroxylation sites is 1. The smallest absolute Gasteiger partial charge is 0.239 e. The summed E-state index contributed by atoms with van der Waals surface area (Å²) in [7, 11) is 1.69. The van der Waals surface area contributed by atoms with Crippen molar-refractivity contribution in [3.8, 4) is 0 Å². The zero-order valence-electron chi connectivity index (χ0n) is 13.3. The monoisotopic (exact) mass is 352 g/mol. The SMILES string of the molecule is CN1C(=O)C2(c3ccccc31)C1C(=O)N(c3ccc(Cl)cc3)C(=O)C12. The quantitative estimate of drug-likeness (QED) is 0.740. The highest BCUT2D eigenvalue weighted by molar-refractivity contribution is 6.33. The van der Waals surface area contributed by atoms with Crippen LogP contribution in [0.5, 0.6) is 0 Å². The van der Waals surface area contributed by atoms with Crippen LogP contribution in [0, 0.1) is 11.8 Å². The molecule has 3 aliphatic rings. The van der Waals surface area contributed by atoms with Crippen LogP contribution in [-0.2, 0) is 19.8 Å². The molecule has 2 unspecified atom stereocenters. The van der Waals surface area contributed by atoms with Crippen LogP contribution < -0.4 is 9.80 Å². The lowest BCUT2D eigenvalue weighted by atomic mass is 9.91. The Morgan fingerprint density at radius 2 is 1.52 bits per heavy atom. The van der Waals surface area contributed by atoms with E-state index in [2.05, 4.69) is 0 Å². The van der Waals surface area contributed by atoms with Crippen molar-refractivity contribution in [2.24, 2.45) is 11.8 Å². The summed E-state index contributed by atoms with van der Waals surface area (Å²) in [6, 6.07) is 14.0. The highest BCUT2D eigenvalue weighted by Crippen LogP contribution is 2.69. The van der Waals surface area contributed by atoms with Crippen LogP contribution in [0.25, 0.3) is 0 Å². The molecule has 0 radical (unpaired) electrons. The Bertz CT molecular complexity index is 947. The molecule has 5 nitrogen and oxygen atoms in total. The third-order valence-electron chi connectivity index (χ3n) is 5.63. The fraction of sp³-hybridized carbons (Fsp3) is 0.211. The predicted octanol–water partition coefficient (Wildman–Crippen LogP) is 2.37. The van der Waals surface area contributed by atoms with Gasteiger partial charge < -0.3 is 4.90 Å². The van der Waals surface area contributed by atoms with Crippen LogP contribution in [0.15, 0.2) is 48.5 Å². The first-order valence-corrected chi connectivity index (χ1v) is 8.38. The Kier molecular flexibility index (Phi) is 2.63. The zero-order valence-corrected chi connectivity index (χ0v) is 14.0. The molecule has 1 aliphatic carbocycles. The van der Waals surface area contributed by atoms with Gasteiger partial charge in [0.25, 0.3) is 0 Å². The molecule has 0 aromatic heterocycles. The second kappa shape index (κ2) is 4.49. The molecule has 0 bridgehead atoms. The first kappa shape index (κ1) is 14.7. The molecule has 2 atom stereocenters. The topological polar surface area (TPSA) is 57.7 Å². The second-order valence-electron chi connectivity index (χ2n) is 6.69. The summed E-state index contributed by atoms with van der Waals surface area (Å²) >= 11 is 5.88. The number of benzene rings is 2. The summed E-state index contributed by atoms with van der Waals surface area (Å²) < 4.78 is 0. The Morgan fingerprint density at radius 3 is 2.16 bits per heavy atom. The van der Waals surface area contributed by atoms with Crippen LogP contribution in [-0.4, -0.2) is 24.8 Å². The Morgan fingerprint density at radius 1 is 0.920 bits per heavy atom. The van der Waals surface area contributed by atoms with E-state index in [1.54, 1.807) is 36.2 Å². The van der Waals surface area contributed by atoms with Gasteiger partial charge in [0.2, 0.25) is 17.7 Å². The molecule has 25 heavy (non-hydrogen) atoms. The second-order valence-corrected chi connectivity index (χ2v) is 7.13. The molecule has 1 spiro atoms. The molecule has 2 aromatic rings. The minimum atomic E-state index is -1.01. The fourth-order valence-corrected chi connectivity index (χ4v) is 4.64. The average Bonchev–Trinajstić information content (AvgIpc) is 3.19. The van der Waals surface area contributed by atoms with E-state index in [0.29, 0.717) is 10.7 Å². The van der Waals surface area contributed by atoms with Crippen molar-refractivity contribution in [3.63, 3.8) is 0 Å². The maximum absolute atomic E-state index is 13.0. The number of fused-ring (bicyclic) bond motifs is 5. The number of piperidine rings is 1. The van der Waals surface area contributed by atoms with Crippen LogP contribution >= 0.6 is 11.6 Å². The van der Waals surface area contributed by atoms with Crippen LogP contribution in [0.2, 0.25) is 5.02 Å². The molecular formula is C19H13ClN2O3. The minimum absolute atomic E-state index is 0.166. The van der Waals surface area contributed by atoms with Crippen molar-refractivity contribution >= 4 is 40.7 Å². The zero-order chi connectivity index (χ0) is 17.5. The van der Waals surface area contributed by atoms with Crippen LogP contribution in [0.3, 0.4) is 0 Å². The molecule has 2 aromatic carbocycles. The highest BCUT2D eigenvalue weighted by atomic mass is 35.5. The summed E-state index contributed by atoms with van der Waals surface area (Å²) in [6.07, 6.45) is 0. The first-order chi connectivity index (χ1) is 12.0. The summed E-state index contributed by atoms with van der Waals surface area (Å²) in [6.45, 7) is 0. The molecule has 2 aliphatic heterocycles. The summed E-state index contributed by atoms with van der Waals surface area (Å²) in [5, 5.41) is 0.533. The number of hydrogen-bond donors (Lipinski definition) is 0. The summed E-state index contributed by atoms with van der Waals surface area (Å²) in [5.74, 6) is -2.02. The van der Waals surface area contributed by atoms with Gasteiger partial charge in [-0.15, -0.1) is 0 Å². The van der Waals surface area contributed by atoms with E-state index in [0.717, 1.165) is 11.3 Å². The molecule has 124 valence electrons. The third kappa shape index (κ3) is 1.53. The van der Waals surface area contributed by atoms with Crippen molar-refractivity contribution in [2.75, 3.05) is 16.8 Å². The van der Waals surface area contributed by atoms with E-state index in [9.17, 15) is 14.4 Å². The van der Waals surface area contributed by atoms with Crippen LogP contribution in [0.4, 0.5) is 11.4 Å². The van der Waals surface area contributed by atoms with Crippen molar-refractivity contribution in [2.45, 2.75) is 5.41 Å². The highest BCUT2D eigenvalue weighted by Gasteiger charge is 2.84. The Balaban J connectivity index is 1.59.